The Hall–Kier alpha value is 3.35. The Bertz CT molecular complexity index is 7.51. The molecule has 6 heavy (non-hydrogen) atoms. The average Bonchev–Trinajstić information content (AvgIpc) is 0. The fourth-order valence-corrected chi connectivity index (χ4v) is 0. The van der Waals surface area contributed by atoms with Gasteiger partial charge in [-0.2, -0.15) is 0 Å². The van der Waals surface area contributed by atoms with Crippen LogP contribution in [0.25, 0.3) is 0 Å². The van der Waals surface area contributed by atoms with Crippen LogP contribution in [0.3, 0.4) is 0 Å². The third-order valence-electron chi connectivity index (χ3n) is 0. The van der Waals surface area contributed by atoms with Crippen molar-refractivity contribution in [1.29, 1.82) is 0 Å². The van der Waals surface area contributed by atoms with Crippen LogP contribution in [0, 0.1) is 0 Å². The van der Waals surface area contributed by atoms with Gasteiger partial charge in [-0.3, -0.25) is 0 Å². The van der Waals surface area contributed by atoms with Crippen LogP contribution in [0.4, 0.5) is 0 Å². The molecule has 0 spiro atoms. The Labute approximate surface area is 106 Å². The van der Waals surface area contributed by atoms with Gasteiger partial charge in [-0.05, 0) is 0 Å². The van der Waals surface area contributed by atoms with Crippen LogP contribution in [-0.4, -0.2) is 70.4 Å². The molecule has 0 saturated carbocycles. The van der Waals surface area contributed by atoms with Crippen molar-refractivity contribution in [2.24, 2.45) is 0 Å². The molecule has 0 aliphatic carbocycles. The van der Waals surface area contributed by atoms with Crippen LogP contribution in [0.2, 0.25) is 0 Å². The van der Waals surface area contributed by atoms with Gasteiger partial charge in [0.15, 0.2) is 0 Å². The smallest absolute Gasteiger partial charge is 2.00 e. The third-order valence-corrected chi connectivity index (χ3v) is 0. The number of hydrogen-bond acceptors (Lipinski definition) is 0. The van der Waals surface area contributed by atoms with Crippen LogP contribution in [0.15, 0.2) is 0 Å². The van der Waals surface area contributed by atoms with E-state index in [1.54, 1.807) is 0 Å². The first-order chi connectivity index (χ1) is 0. The minimum absolute atomic E-state index is 0. The van der Waals surface area contributed by atoms with E-state index >= 15 is 0 Å². The maximum Gasteiger partial charge on any atom is 2.00 e. The predicted molar refractivity (Wildman–Crippen MR) is 50.9 cm³/mol. The second-order valence-corrected chi connectivity index (χ2v) is 0. The molecule has 0 amide bonds. The van der Waals surface area contributed by atoms with Gasteiger partial charge in [-0.1, -0.05) is 0 Å². The summed E-state index contributed by atoms with van der Waals surface area (Å²) in [6, 6.07) is 0. The van der Waals surface area contributed by atoms with Gasteiger partial charge in [0, 0.05) is 0 Å². The SMILES string of the molecule is [GeH5-].[GeH5-].[GeH5-].[GeH5-].[Ni+2].[Pt+2]. The van der Waals surface area contributed by atoms with Gasteiger partial charge in [0.2, 0.25) is 0 Å². The summed E-state index contributed by atoms with van der Waals surface area (Å²) in [6.45, 7) is 0. The first kappa shape index (κ1) is 58.0. The largest absolute Gasteiger partial charge is 2.00 e. The summed E-state index contributed by atoms with van der Waals surface area (Å²) in [6.07, 6.45) is 0. The molecular weight excluding hydrogens is 544 g/mol. The van der Waals surface area contributed by atoms with Crippen LogP contribution in [0.1, 0.15) is 0 Å². The second kappa shape index (κ2) is 40.2. The van der Waals surface area contributed by atoms with E-state index in [2.05, 4.69) is 0 Å². The van der Waals surface area contributed by atoms with E-state index < -0.39 is 0 Å². The molecule has 0 aromatic rings. The van der Waals surface area contributed by atoms with E-state index in [1.165, 1.54) is 0 Å². The van der Waals surface area contributed by atoms with Gasteiger partial charge in [0.05, 0.1) is 0 Å². The molecule has 0 heterocycles. The van der Waals surface area contributed by atoms with Gasteiger partial charge in [-0.15, -0.1) is 0 Å². The summed E-state index contributed by atoms with van der Waals surface area (Å²) in [4.78, 5) is 0. The summed E-state index contributed by atoms with van der Waals surface area (Å²) in [5.74, 6) is 0. The molecule has 0 aliphatic rings. The summed E-state index contributed by atoms with van der Waals surface area (Å²) in [5, 5.41) is 0. The van der Waals surface area contributed by atoms with Crippen molar-refractivity contribution < 1.29 is 37.6 Å². The number of rotatable bonds is 0. The van der Waals surface area contributed by atoms with Crippen LogP contribution in [-0.2, 0) is 37.6 Å². The Balaban J connectivity index is 0. The van der Waals surface area contributed by atoms with Crippen molar-refractivity contribution in [2.75, 3.05) is 0 Å². The Morgan fingerprint density at radius 1 is 0.500 bits per heavy atom. The zero-order valence-corrected chi connectivity index (χ0v) is 3.89. The third kappa shape index (κ3) is 26.4. The van der Waals surface area contributed by atoms with Gasteiger partial charge in [-0.25, -0.2) is 0 Å². The molecule has 0 aromatic heterocycles. The first-order valence-electron chi connectivity index (χ1n) is 0. The fourth-order valence-electron chi connectivity index (χ4n) is 0. The molecule has 0 radical (unpaired) electrons. The topological polar surface area (TPSA) is 0 Å². The summed E-state index contributed by atoms with van der Waals surface area (Å²) in [5.41, 5.74) is 0. The van der Waals surface area contributed by atoms with Crippen molar-refractivity contribution in [1.82, 2.24) is 0 Å². The summed E-state index contributed by atoms with van der Waals surface area (Å²) >= 11 is 0. The first-order valence-corrected chi connectivity index (χ1v) is 0. The Kier molecular flexibility index (Phi) is 389. The zero-order valence-electron chi connectivity index (χ0n) is 0.633. The maximum absolute atomic E-state index is 0. The predicted octanol–water partition coefficient (Wildman–Crippen LogP) is -6.88. The molecule has 0 nitrogen and oxygen atoms in total. The molecule has 6 heteroatoms. The van der Waals surface area contributed by atoms with Crippen molar-refractivity contribution in [3.63, 3.8) is 0 Å². The standard InChI is InChI=1S/4GeH5.Ni.Pt/h4*1H5;;/q4*-1;2*+2. The molecule has 0 saturated heterocycles. The Morgan fingerprint density at radius 2 is 0.500 bits per heavy atom. The Morgan fingerprint density at radius 3 is 0.500 bits per heavy atom. The van der Waals surface area contributed by atoms with Gasteiger partial charge >= 0.3 is 108 Å². The van der Waals surface area contributed by atoms with Crippen molar-refractivity contribution in [3.05, 3.63) is 0 Å². The average molecular weight is 564 g/mol. The van der Waals surface area contributed by atoms with Gasteiger partial charge in [0.25, 0.3) is 0 Å². The van der Waals surface area contributed by atoms with Crippen LogP contribution >= 0.6 is 0 Å². The quantitative estimate of drug-likeness (QED) is 0.257. The second-order valence-electron chi connectivity index (χ2n) is 0. The van der Waals surface area contributed by atoms with E-state index in [1.807, 2.05) is 0 Å². The summed E-state index contributed by atoms with van der Waals surface area (Å²) in [7, 11) is 0. The monoisotopic (exact) mass is 569 g/mol. The molecule has 0 aliphatic heterocycles. The van der Waals surface area contributed by atoms with Crippen molar-refractivity contribution in [2.45, 2.75) is 0 Å². The molecular formula is H20Ge4NiPt. The van der Waals surface area contributed by atoms with E-state index in [4.69, 9.17) is 0 Å². The van der Waals surface area contributed by atoms with Crippen LogP contribution < -0.4 is 0 Å². The number of hydrogen-bond donors (Lipinski definition) is 0. The molecule has 0 fully saturated rings. The van der Waals surface area contributed by atoms with E-state index in [9.17, 15) is 0 Å². The normalized spacial score (nSPS) is 0. The minimum Gasteiger partial charge on any atom is 2.00 e. The van der Waals surface area contributed by atoms with Gasteiger partial charge < -0.3 is 0 Å². The van der Waals surface area contributed by atoms with E-state index in [-0.39, 0.29) is 108 Å². The molecule has 0 bridgehead atoms. The van der Waals surface area contributed by atoms with E-state index in [0.29, 0.717) is 0 Å². The molecule has 0 rings (SSSR count). The zero-order chi connectivity index (χ0) is 0. The summed E-state index contributed by atoms with van der Waals surface area (Å²) < 4.78 is 0. The van der Waals surface area contributed by atoms with Crippen molar-refractivity contribution >= 4 is 70.4 Å². The molecule has 56 valence electrons. The maximum atomic E-state index is 0. The molecule has 0 unspecified atom stereocenters. The fraction of sp³-hybridized carbons (Fsp3) is 0. The van der Waals surface area contributed by atoms with Gasteiger partial charge in [0.1, 0.15) is 0 Å². The van der Waals surface area contributed by atoms with E-state index in [0.717, 1.165) is 0 Å². The molecule has 0 aromatic carbocycles. The molecule has 0 N–H and O–H groups in total. The van der Waals surface area contributed by atoms with Crippen LogP contribution in [0.5, 0.6) is 0 Å². The molecule has 0 atom stereocenters. The van der Waals surface area contributed by atoms with Crippen molar-refractivity contribution in [3.8, 4) is 0 Å². The minimum atomic E-state index is 0.